The Morgan fingerprint density at radius 2 is 2.20 bits per heavy atom. The summed E-state index contributed by atoms with van der Waals surface area (Å²) >= 11 is 3.32. The van der Waals surface area contributed by atoms with Crippen LogP contribution in [0.1, 0.15) is 36.8 Å². The molecule has 0 fully saturated rings. The summed E-state index contributed by atoms with van der Waals surface area (Å²) in [4.78, 5) is 15.6. The zero-order chi connectivity index (χ0) is 11.5. The van der Waals surface area contributed by atoms with Gasteiger partial charge in [-0.05, 0) is 38.5 Å². The topological polar surface area (TPSA) is 39.2 Å². The van der Waals surface area contributed by atoms with Crippen LogP contribution < -0.4 is 0 Å². The number of halogens is 1. The predicted molar refractivity (Wildman–Crippen MR) is 62.0 cm³/mol. The lowest BCUT2D eigenvalue weighted by atomic mass is 10.2. The molecule has 0 unspecified atom stereocenters. The van der Waals surface area contributed by atoms with Crippen molar-refractivity contribution in [2.45, 2.75) is 31.7 Å². The maximum Gasteiger partial charge on any atom is 0.357 e. The van der Waals surface area contributed by atoms with Crippen molar-refractivity contribution in [1.29, 1.82) is 0 Å². The van der Waals surface area contributed by atoms with Crippen molar-refractivity contribution >= 4 is 21.9 Å². The lowest BCUT2D eigenvalue weighted by molar-refractivity contribution is 0.00627. The Labute approximate surface area is 98.0 Å². The molecule has 0 aromatic carbocycles. The monoisotopic (exact) mass is 271 g/mol. The van der Waals surface area contributed by atoms with Crippen molar-refractivity contribution in [2.24, 2.45) is 0 Å². The van der Waals surface area contributed by atoms with Gasteiger partial charge in [-0.25, -0.2) is 9.78 Å². The molecule has 4 heteroatoms. The molecule has 0 aliphatic heterocycles. The molecule has 1 aromatic heterocycles. The molecule has 82 valence electrons. The number of hydrogen-bond acceptors (Lipinski definition) is 3. The number of carbonyl (C=O) groups excluding carboxylic acids is 1. The summed E-state index contributed by atoms with van der Waals surface area (Å²) in [6, 6.07) is 3.57. The van der Waals surface area contributed by atoms with E-state index in [1.807, 2.05) is 26.8 Å². The van der Waals surface area contributed by atoms with Gasteiger partial charge >= 0.3 is 5.97 Å². The van der Waals surface area contributed by atoms with Crippen molar-refractivity contribution in [3.63, 3.8) is 0 Å². The van der Waals surface area contributed by atoms with Crippen LogP contribution in [-0.4, -0.2) is 16.6 Å². The number of ether oxygens (including phenoxy) is 1. The van der Waals surface area contributed by atoms with E-state index in [0.717, 1.165) is 5.56 Å². The lowest BCUT2D eigenvalue weighted by Gasteiger charge is -2.19. The number of aromatic nitrogens is 1. The van der Waals surface area contributed by atoms with Gasteiger partial charge in [0.1, 0.15) is 11.3 Å². The summed E-state index contributed by atoms with van der Waals surface area (Å²) in [5.41, 5.74) is 0.871. The number of nitrogens with zero attached hydrogens (tertiary/aromatic N) is 1. The average molecular weight is 272 g/mol. The predicted octanol–water partition coefficient (Wildman–Crippen LogP) is 2.93. The average Bonchev–Trinajstić information content (AvgIpc) is 2.15. The van der Waals surface area contributed by atoms with E-state index < -0.39 is 5.60 Å². The van der Waals surface area contributed by atoms with E-state index in [4.69, 9.17) is 4.74 Å². The maximum absolute atomic E-state index is 11.6. The molecule has 0 radical (unpaired) electrons. The van der Waals surface area contributed by atoms with Gasteiger partial charge in [0, 0.05) is 11.5 Å². The maximum atomic E-state index is 11.6. The smallest absolute Gasteiger partial charge is 0.357 e. The van der Waals surface area contributed by atoms with E-state index in [0.29, 0.717) is 11.0 Å². The highest BCUT2D eigenvalue weighted by atomic mass is 79.9. The first-order valence-corrected chi connectivity index (χ1v) is 5.79. The van der Waals surface area contributed by atoms with Gasteiger partial charge in [-0.15, -0.1) is 0 Å². The highest BCUT2D eigenvalue weighted by Crippen LogP contribution is 2.12. The molecule has 0 bridgehead atoms. The van der Waals surface area contributed by atoms with Gasteiger partial charge < -0.3 is 4.74 Å². The molecule has 0 amide bonds. The second-order valence-electron chi connectivity index (χ2n) is 4.18. The van der Waals surface area contributed by atoms with Crippen molar-refractivity contribution in [3.8, 4) is 0 Å². The van der Waals surface area contributed by atoms with E-state index in [1.54, 1.807) is 12.3 Å². The lowest BCUT2D eigenvalue weighted by Crippen LogP contribution is -2.24. The van der Waals surface area contributed by atoms with Gasteiger partial charge in [-0.3, -0.25) is 0 Å². The first-order valence-electron chi connectivity index (χ1n) is 4.66. The minimum atomic E-state index is -0.483. The molecule has 3 nitrogen and oxygen atoms in total. The van der Waals surface area contributed by atoms with E-state index in [2.05, 4.69) is 20.9 Å². The summed E-state index contributed by atoms with van der Waals surface area (Å²) < 4.78 is 5.21. The standard InChI is InChI=1S/C11H14BrNO2/c1-11(2,3)15-10(14)9-6-8(7-12)4-5-13-9/h4-6H,7H2,1-3H3. The second kappa shape index (κ2) is 4.75. The molecule has 0 saturated heterocycles. The first-order chi connectivity index (χ1) is 6.92. The number of pyridine rings is 1. The minimum Gasteiger partial charge on any atom is -0.455 e. The Bertz CT molecular complexity index is 358. The number of alkyl halides is 1. The SMILES string of the molecule is CC(C)(C)OC(=O)c1cc(CBr)ccn1. The van der Waals surface area contributed by atoms with Crippen LogP contribution in [0.25, 0.3) is 0 Å². The largest absolute Gasteiger partial charge is 0.455 e. The Balaban J connectivity index is 2.82. The Kier molecular flexibility index (Phi) is 3.85. The van der Waals surface area contributed by atoms with E-state index >= 15 is 0 Å². The molecule has 1 rings (SSSR count). The summed E-state index contributed by atoms with van der Waals surface area (Å²) in [6.07, 6.45) is 1.61. The molecular formula is C11H14BrNO2. The van der Waals surface area contributed by atoms with Gasteiger partial charge in [0.2, 0.25) is 0 Å². The molecule has 15 heavy (non-hydrogen) atoms. The van der Waals surface area contributed by atoms with Crippen molar-refractivity contribution in [3.05, 3.63) is 29.6 Å². The molecule has 0 spiro atoms. The molecular weight excluding hydrogens is 258 g/mol. The van der Waals surface area contributed by atoms with E-state index in [9.17, 15) is 4.79 Å². The van der Waals surface area contributed by atoms with Gasteiger partial charge in [0.15, 0.2) is 0 Å². The fourth-order valence-electron chi connectivity index (χ4n) is 0.999. The van der Waals surface area contributed by atoms with Gasteiger partial charge in [0.05, 0.1) is 0 Å². The Morgan fingerprint density at radius 1 is 1.53 bits per heavy atom. The Hall–Kier alpha value is -0.900. The third-order valence-corrected chi connectivity index (χ3v) is 2.23. The summed E-state index contributed by atoms with van der Waals surface area (Å²) in [6.45, 7) is 5.50. The third kappa shape index (κ3) is 4.00. The highest BCUT2D eigenvalue weighted by molar-refractivity contribution is 9.08. The second-order valence-corrected chi connectivity index (χ2v) is 4.75. The van der Waals surface area contributed by atoms with Crippen LogP contribution in [0, 0.1) is 0 Å². The number of rotatable bonds is 2. The highest BCUT2D eigenvalue weighted by Gasteiger charge is 2.18. The zero-order valence-corrected chi connectivity index (χ0v) is 10.7. The van der Waals surface area contributed by atoms with Crippen LogP contribution in [0.3, 0.4) is 0 Å². The molecule has 0 saturated carbocycles. The molecule has 0 N–H and O–H groups in total. The van der Waals surface area contributed by atoms with Gasteiger partial charge in [-0.1, -0.05) is 15.9 Å². The van der Waals surface area contributed by atoms with Crippen LogP contribution in [0.2, 0.25) is 0 Å². The zero-order valence-electron chi connectivity index (χ0n) is 9.08. The van der Waals surface area contributed by atoms with Gasteiger partial charge in [0.25, 0.3) is 0 Å². The molecule has 0 aliphatic rings. The fourth-order valence-corrected chi connectivity index (χ4v) is 1.35. The minimum absolute atomic E-state index is 0.349. The Morgan fingerprint density at radius 3 is 2.73 bits per heavy atom. The van der Waals surface area contributed by atoms with Crippen LogP contribution in [-0.2, 0) is 10.1 Å². The fraction of sp³-hybridized carbons (Fsp3) is 0.455. The van der Waals surface area contributed by atoms with Crippen LogP contribution in [0.5, 0.6) is 0 Å². The van der Waals surface area contributed by atoms with E-state index in [1.165, 1.54) is 0 Å². The molecule has 1 aromatic rings. The number of esters is 1. The summed E-state index contributed by atoms with van der Waals surface area (Å²) in [7, 11) is 0. The quantitative estimate of drug-likeness (QED) is 0.613. The number of hydrogen-bond donors (Lipinski definition) is 0. The molecule has 0 aliphatic carbocycles. The first kappa shape index (κ1) is 12.2. The molecule has 0 atom stereocenters. The summed E-state index contributed by atoms with van der Waals surface area (Å²) in [5.74, 6) is -0.384. The van der Waals surface area contributed by atoms with Gasteiger partial charge in [-0.2, -0.15) is 0 Å². The third-order valence-electron chi connectivity index (χ3n) is 1.59. The normalized spacial score (nSPS) is 11.2. The van der Waals surface area contributed by atoms with Crippen LogP contribution >= 0.6 is 15.9 Å². The van der Waals surface area contributed by atoms with Crippen LogP contribution in [0.15, 0.2) is 18.3 Å². The van der Waals surface area contributed by atoms with Crippen molar-refractivity contribution in [2.75, 3.05) is 0 Å². The molecule has 1 heterocycles. The van der Waals surface area contributed by atoms with Crippen LogP contribution in [0.4, 0.5) is 0 Å². The van der Waals surface area contributed by atoms with Crippen molar-refractivity contribution < 1.29 is 9.53 Å². The number of carbonyl (C=O) groups is 1. The van der Waals surface area contributed by atoms with Crippen molar-refractivity contribution in [1.82, 2.24) is 4.98 Å². The summed E-state index contributed by atoms with van der Waals surface area (Å²) in [5, 5.41) is 0.700. The van der Waals surface area contributed by atoms with E-state index in [-0.39, 0.29) is 5.97 Å².